The van der Waals surface area contributed by atoms with E-state index in [9.17, 15) is 9.59 Å². The standard InChI is InChI=1S/C17H15BrO5/c18-15(10-16(19)20)13-6-8-14(9-7-13)23-17(21)22-11-12-4-2-1-3-5-12/h1-9,15H,10-11H2,(H,19,20). The zero-order chi connectivity index (χ0) is 16.7. The van der Waals surface area contributed by atoms with Gasteiger partial charge in [0.25, 0.3) is 0 Å². The number of alkyl halides is 1. The van der Waals surface area contributed by atoms with E-state index in [0.717, 1.165) is 11.1 Å². The largest absolute Gasteiger partial charge is 0.514 e. The van der Waals surface area contributed by atoms with Crippen LogP contribution in [0, 0.1) is 0 Å². The van der Waals surface area contributed by atoms with Crippen LogP contribution in [0.1, 0.15) is 22.4 Å². The third kappa shape index (κ3) is 5.75. The molecule has 0 bridgehead atoms. The van der Waals surface area contributed by atoms with Gasteiger partial charge in [0.1, 0.15) is 12.4 Å². The lowest BCUT2D eigenvalue weighted by Gasteiger charge is -2.09. The summed E-state index contributed by atoms with van der Waals surface area (Å²) in [5, 5.41) is 8.76. The molecule has 2 rings (SSSR count). The van der Waals surface area contributed by atoms with Gasteiger partial charge in [0, 0.05) is 4.83 Å². The van der Waals surface area contributed by atoms with Crippen molar-refractivity contribution in [3.8, 4) is 5.75 Å². The number of carboxylic acid groups (broad SMARTS) is 1. The summed E-state index contributed by atoms with van der Waals surface area (Å²) in [7, 11) is 0. The lowest BCUT2D eigenvalue weighted by molar-refractivity contribution is -0.136. The predicted molar refractivity (Wildman–Crippen MR) is 87.6 cm³/mol. The van der Waals surface area contributed by atoms with Crippen molar-refractivity contribution in [1.82, 2.24) is 0 Å². The number of benzene rings is 2. The molecule has 0 spiro atoms. The second-order valence-corrected chi connectivity index (χ2v) is 5.87. The summed E-state index contributed by atoms with van der Waals surface area (Å²) in [4.78, 5) is 22.0. The highest BCUT2D eigenvalue weighted by Crippen LogP contribution is 2.27. The Morgan fingerprint density at radius 2 is 1.70 bits per heavy atom. The van der Waals surface area contributed by atoms with Crippen LogP contribution in [-0.2, 0) is 16.1 Å². The van der Waals surface area contributed by atoms with Crippen LogP contribution in [0.2, 0.25) is 0 Å². The van der Waals surface area contributed by atoms with E-state index in [1.807, 2.05) is 30.3 Å². The molecule has 0 fully saturated rings. The van der Waals surface area contributed by atoms with Crippen molar-refractivity contribution in [2.75, 3.05) is 0 Å². The van der Waals surface area contributed by atoms with E-state index in [-0.39, 0.29) is 17.9 Å². The third-order valence-corrected chi connectivity index (χ3v) is 3.85. The van der Waals surface area contributed by atoms with E-state index in [2.05, 4.69) is 15.9 Å². The van der Waals surface area contributed by atoms with Crippen molar-refractivity contribution in [3.63, 3.8) is 0 Å². The van der Waals surface area contributed by atoms with Gasteiger partial charge in [-0.15, -0.1) is 0 Å². The first-order chi connectivity index (χ1) is 11.0. The minimum Gasteiger partial charge on any atom is -0.481 e. The minimum atomic E-state index is -0.892. The maximum atomic E-state index is 11.6. The topological polar surface area (TPSA) is 72.8 Å². The Bertz CT molecular complexity index is 654. The summed E-state index contributed by atoms with van der Waals surface area (Å²) < 4.78 is 10.1. The molecule has 0 saturated heterocycles. The monoisotopic (exact) mass is 378 g/mol. The van der Waals surface area contributed by atoms with Crippen molar-refractivity contribution >= 4 is 28.1 Å². The molecule has 0 aromatic heterocycles. The van der Waals surface area contributed by atoms with Gasteiger partial charge in [-0.3, -0.25) is 4.79 Å². The number of aliphatic carboxylic acids is 1. The zero-order valence-electron chi connectivity index (χ0n) is 12.1. The van der Waals surface area contributed by atoms with E-state index in [1.165, 1.54) is 0 Å². The van der Waals surface area contributed by atoms with Gasteiger partial charge < -0.3 is 14.6 Å². The first kappa shape index (κ1) is 17.0. The summed E-state index contributed by atoms with van der Waals surface area (Å²) in [6, 6.07) is 15.9. The fourth-order valence-electron chi connectivity index (χ4n) is 1.86. The molecule has 5 nitrogen and oxygen atoms in total. The van der Waals surface area contributed by atoms with Crippen LogP contribution in [0.25, 0.3) is 0 Å². The molecule has 0 radical (unpaired) electrons. The minimum absolute atomic E-state index is 0.0285. The SMILES string of the molecule is O=C(O)CC(Br)c1ccc(OC(=O)OCc2ccccc2)cc1. The predicted octanol–water partition coefficient (Wildman–Crippen LogP) is 4.31. The van der Waals surface area contributed by atoms with Crippen LogP contribution in [-0.4, -0.2) is 17.2 Å². The molecule has 0 heterocycles. The number of carbonyl (C=O) groups excluding carboxylic acids is 1. The molecule has 1 atom stereocenters. The molecule has 0 amide bonds. The van der Waals surface area contributed by atoms with Crippen LogP contribution >= 0.6 is 15.9 Å². The smallest absolute Gasteiger partial charge is 0.481 e. The molecule has 2 aromatic carbocycles. The van der Waals surface area contributed by atoms with Crippen LogP contribution < -0.4 is 4.74 Å². The van der Waals surface area contributed by atoms with Crippen molar-refractivity contribution in [3.05, 3.63) is 65.7 Å². The first-order valence-electron chi connectivity index (χ1n) is 6.89. The van der Waals surface area contributed by atoms with Gasteiger partial charge in [0.2, 0.25) is 0 Å². The molecule has 1 N–H and O–H groups in total. The second kappa shape index (κ2) is 8.33. The molecule has 0 aliphatic heterocycles. The maximum Gasteiger partial charge on any atom is 0.514 e. The van der Waals surface area contributed by atoms with Gasteiger partial charge in [0.15, 0.2) is 0 Å². The van der Waals surface area contributed by atoms with Crippen LogP contribution in [0.4, 0.5) is 4.79 Å². The number of carboxylic acids is 1. The summed E-state index contributed by atoms with van der Waals surface area (Å²) in [6.45, 7) is 0.139. The Labute approximate surface area is 142 Å². The van der Waals surface area contributed by atoms with Gasteiger partial charge in [-0.25, -0.2) is 4.79 Å². The van der Waals surface area contributed by atoms with Gasteiger partial charge in [-0.05, 0) is 23.3 Å². The molecule has 0 saturated carbocycles. The number of hydrogen-bond donors (Lipinski definition) is 1. The van der Waals surface area contributed by atoms with Gasteiger partial charge in [-0.2, -0.15) is 0 Å². The lowest BCUT2D eigenvalue weighted by Crippen LogP contribution is -2.10. The molecule has 6 heteroatoms. The van der Waals surface area contributed by atoms with Gasteiger partial charge >= 0.3 is 12.1 Å². The Morgan fingerprint density at radius 1 is 1.04 bits per heavy atom. The molecule has 2 aromatic rings. The summed E-state index contributed by atoms with van der Waals surface area (Å²) in [5.41, 5.74) is 1.66. The summed E-state index contributed by atoms with van der Waals surface area (Å²) in [5.74, 6) is -0.557. The molecular weight excluding hydrogens is 364 g/mol. The molecule has 0 aliphatic carbocycles. The zero-order valence-corrected chi connectivity index (χ0v) is 13.7. The molecule has 120 valence electrons. The number of rotatable bonds is 6. The second-order valence-electron chi connectivity index (χ2n) is 4.76. The highest BCUT2D eigenvalue weighted by atomic mass is 79.9. The van der Waals surface area contributed by atoms with Crippen molar-refractivity contribution < 1.29 is 24.2 Å². The van der Waals surface area contributed by atoms with Gasteiger partial charge in [-0.1, -0.05) is 58.4 Å². The Kier molecular flexibility index (Phi) is 6.17. The highest BCUT2D eigenvalue weighted by Gasteiger charge is 2.12. The van der Waals surface area contributed by atoms with Crippen LogP contribution in [0.3, 0.4) is 0 Å². The van der Waals surface area contributed by atoms with E-state index >= 15 is 0 Å². The molecule has 23 heavy (non-hydrogen) atoms. The lowest BCUT2D eigenvalue weighted by atomic mass is 10.1. The molecule has 1 unspecified atom stereocenters. The quantitative estimate of drug-likeness (QED) is 0.460. The highest BCUT2D eigenvalue weighted by molar-refractivity contribution is 9.09. The third-order valence-electron chi connectivity index (χ3n) is 3.00. The Morgan fingerprint density at radius 3 is 2.30 bits per heavy atom. The first-order valence-corrected chi connectivity index (χ1v) is 7.80. The van der Waals surface area contributed by atoms with Crippen LogP contribution in [0.5, 0.6) is 5.75 Å². The average molecular weight is 379 g/mol. The molecule has 0 aliphatic rings. The van der Waals surface area contributed by atoms with E-state index in [4.69, 9.17) is 14.6 Å². The van der Waals surface area contributed by atoms with Crippen molar-refractivity contribution in [2.24, 2.45) is 0 Å². The fraction of sp³-hybridized carbons (Fsp3) is 0.176. The van der Waals surface area contributed by atoms with Gasteiger partial charge in [0.05, 0.1) is 6.42 Å². The van der Waals surface area contributed by atoms with Crippen LogP contribution in [0.15, 0.2) is 54.6 Å². The maximum absolute atomic E-state index is 11.6. The Balaban J connectivity index is 1.85. The van der Waals surface area contributed by atoms with E-state index in [1.54, 1.807) is 24.3 Å². The summed E-state index contributed by atoms with van der Waals surface area (Å²) in [6.07, 6.45) is -0.818. The number of halogens is 1. The average Bonchev–Trinajstić information content (AvgIpc) is 2.54. The number of carbonyl (C=O) groups is 2. The van der Waals surface area contributed by atoms with E-state index in [0.29, 0.717) is 5.75 Å². The normalized spacial score (nSPS) is 11.5. The number of ether oxygens (including phenoxy) is 2. The van der Waals surface area contributed by atoms with E-state index < -0.39 is 12.1 Å². The number of hydrogen-bond acceptors (Lipinski definition) is 4. The van der Waals surface area contributed by atoms with Crippen molar-refractivity contribution in [2.45, 2.75) is 17.9 Å². The fourth-order valence-corrected chi connectivity index (χ4v) is 2.44. The van der Waals surface area contributed by atoms with Crippen molar-refractivity contribution in [1.29, 1.82) is 0 Å². The Hall–Kier alpha value is -2.34. The summed E-state index contributed by atoms with van der Waals surface area (Å²) >= 11 is 3.30. The molecular formula is C17H15BrO5.